The summed E-state index contributed by atoms with van der Waals surface area (Å²) < 4.78 is 0. The first-order valence-corrected chi connectivity index (χ1v) is 6.77. The molecule has 1 saturated heterocycles. The highest BCUT2D eigenvalue weighted by Crippen LogP contribution is 2.22. The van der Waals surface area contributed by atoms with Gasteiger partial charge in [0.15, 0.2) is 5.17 Å². The molecule has 2 rings (SSSR count). The highest BCUT2D eigenvalue weighted by atomic mass is 32.2. The Morgan fingerprint density at radius 1 is 1.47 bits per heavy atom. The average Bonchev–Trinajstić information content (AvgIpc) is 2.62. The van der Waals surface area contributed by atoms with Crippen LogP contribution in [0.1, 0.15) is 17.5 Å². The average molecular weight is 277 g/mol. The van der Waals surface area contributed by atoms with E-state index in [4.69, 9.17) is 5.41 Å². The summed E-state index contributed by atoms with van der Waals surface area (Å²) in [6, 6.07) is 5.82. The summed E-state index contributed by atoms with van der Waals surface area (Å²) in [4.78, 5) is 23.4. The molecule has 0 bridgehead atoms. The maximum absolute atomic E-state index is 11.9. The van der Waals surface area contributed by atoms with E-state index in [-0.39, 0.29) is 23.4 Å². The van der Waals surface area contributed by atoms with Crippen LogP contribution in [-0.4, -0.2) is 22.2 Å². The van der Waals surface area contributed by atoms with Gasteiger partial charge in [-0.3, -0.25) is 15.0 Å². The van der Waals surface area contributed by atoms with Crippen LogP contribution in [0.25, 0.3) is 0 Å². The fraction of sp³-hybridized carbons (Fsp3) is 0.308. The number of rotatable bonds is 3. The molecule has 1 atom stereocenters. The Hall–Kier alpha value is -1.82. The Balaban J connectivity index is 2.00. The number of anilines is 1. The number of hydrogen-bond donors (Lipinski definition) is 3. The third-order valence-electron chi connectivity index (χ3n) is 2.83. The molecule has 3 N–H and O–H groups in total. The highest BCUT2D eigenvalue weighted by Gasteiger charge is 2.31. The second-order valence-corrected chi connectivity index (χ2v) is 5.71. The topological polar surface area (TPSA) is 82.1 Å². The van der Waals surface area contributed by atoms with Gasteiger partial charge in [0.25, 0.3) is 0 Å². The van der Waals surface area contributed by atoms with Crippen molar-refractivity contribution < 1.29 is 9.59 Å². The lowest BCUT2D eigenvalue weighted by Crippen LogP contribution is -2.27. The minimum Gasteiger partial charge on any atom is -0.326 e. The van der Waals surface area contributed by atoms with Crippen molar-refractivity contribution in [2.75, 3.05) is 5.32 Å². The maximum Gasteiger partial charge on any atom is 0.240 e. The molecular weight excluding hydrogens is 262 g/mol. The Morgan fingerprint density at radius 3 is 2.84 bits per heavy atom. The quantitative estimate of drug-likeness (QED) is 0.788. The number of aryl methyl sites for hydroxylation is 2. The zero-order chi connectivity index (χ0) is 14.0. The lowest BCUT2D eigenvalue weighted by atomic mass is 10.1. The van der Waals surface area contributed by atoms with E-state index in [0.29, 0.717) is 0 Å². The Kier molecular flexibility index (Phi) is 3.90. The standard InChI is InChI=1S/C13H15N3O2S/c1-7-3-4-8(2)9(5-7)15-11(17)6-10-12(18)16-13(14)19-10/h3-5,10H,6H2,1-2H3,(H,15,17)(H2,14,16,18). The summed E-state index contributed by atoms with van der Waals surface area (Å²) in [5.74, 6) is -0.484. The van der Waals surface area contributed by atoms with Gasteiger partial charge >= 0.3 is 0 Å². The van der Waals surface area contributed by atoms with Gasteiger partial charge < -0.3 is 10.6 Å². The summed E-state index contributed by atoms with van der Waals surface area (Å²) in [5.41, 5.74) is 2.81. The van der Waals surface area contributed by atoms with Crippen molar-refractivity contribution in [2.45, 2.75) is 25.5 Å². The zero-order valence-corrected chi connectivity index (χ0v) is 11.6. The van der Waals surface area contributed by atoms with Gasteiger partial charge in [-0.25, -0.2) is 0 Å². The van der Waals surface area contributed by atoms with Crippen LogP contribution in [0.3, 0.4) is 0 Å². The summed E-state index contributed by atoms with van der Waals surface area (Å²) >= 11 is 1.08. The molecule has 19 heavy (non-hydrogen) atoms. The molecule has 2 amide bonds. The van der Waals surface area contributed by atoms with Gasteiger partial charge in [0.1, 0.15) is 5.25 Å². The van der Waals surface area contributed by atoms with Gasteiger partial charge in [-0.1, -0.05) is 23.9 Å². The molecule has 1 aromatic carbocycles. The van der Waals surface area contributed by atoms with Crippen molar-refractivity contribution in [1.29, 1.82) is 5.41 Å². The minimum atomic E-state index is -0.502. The summed E-state index contributed by atoms with van der Waals surface area (Å²) in [5, 5.41) is 12.1. The molecule has 1 unspecified atom stereocenters. The molecule has 5 nitrogen and oxygen atoms in total. The van der Waals surface area contributed by atoms with E-state index in [9.17, 15) is 9.59 Å². The van der Waals surface area contributed by atoms with Crippen molar-refractivity contribution in [3.05, 3.63) is 29.3 Å². The fourth-order valence-corrected chi connectivity index (χ4v) is 2.64. The van der Waals surface area contributed by atoms with E-state index in [1.807, 2.05) is 32.0 Å². The molecule has 0 spiro atoms. The Bertz CT molecular complexity index is 557. The molecule has 1 aliphatic rings. The number of amidine groups is 1. The largest absolute Gasteiger partial charge is 0.326 e. The first-order chi connectivity index (χ1) is 8.95. The van der Waals surface area contributed by atoms with Crippen LogP contribution in [0.15, 0.2) is 18.2 Å². The first-order valence-electron chi connectivity index (χ1n) is 5.89. The second kappa shape index (κ2) is 5.44. The summed E-state index contributed by atoms with van der Waals surface area (Å²) in [6.45, 7) is 3.87. The zero-order valence-electron chi connectivity index (χ0n) is 10.7. The molecule has 1 aromatic rings. The third kappa shape index (κ3) is 3.35. The van der Waals surface area contributed by atoms with E-state index >= 15 is 0 Å². The van der Waals surface area contributed by atoms with Crippen molar-refractivity contribution in [2.24, 2.45) is 0 Å². The minimum absolute atomic E-state index is 0.0757. The van der Waals surface area contributed by atoms with Crippen molar-refractivity contribution in [3.8, 4) is 0 Å². The molecule has 1 heterocycles. The lowest BCUT2D eigenvalue weighted by molar-refractivity contribution is -0.122. The molecule has 0 aliphatic carbocycles. The number of thioether (sulfide) groups is 1. The summed E-state index contributed by atoms with van der Waals surface area (Å²) in [7, 11) is 0. The Morgan fingerprint density at radius 2 is 2.21 bits per heavy atom. The molecule has 100 valence electrons. The number of benzene rings is 1. The molecular formula is C13H15N3O2S. The second-order valence-electron chi connectivity index (χ2n) is 4.50. The van der Waals surface area contributed by atoms with Crippen LogP contribution >= 0.6 is 11.8 Å². The van der Waals surface area contributed by atoms with E-state index in [1.165, 1.54) is 0 Å². The van der Waals surface area contributed by atoms with Crippen LogP contribution in [-0.2, 0) is 9.59 Å². The summed E-state index contributed by atoms with van der Waals surface area (Å²) in [6.07, 6.45) is 0.0757. The Labute approximate surface area is 115 Å². The lowest BCUT2D eigenvalue weighted by Gasteiger charge is -2.10. The fourth-order valence-electron chi connectivity index (χ4n) is 1.79. The molecule has 0 aromatic heterocycles. The SMILES string of the molecule is Cc1ccc(C)c(NC(=O)CC2SC(=N)NC2=O)c1. The van der Waals surface area contributed by atoms with Gasteiger partial charge in [-0.05, 0) is 31.0 Å². The third-order valence-corrected chi connectivity index (χ3v) is 3.83. The van der Waals surface area contributed by atoms with E-state index in [1.54, 1.807) is 0 Å². The molecule has 1 aliphatic heterocycles. The van der Waals surface area contributed by atoms with Gasteiger partial charge in [0.05, 0.1) is 0 Å². The number of hydrogen-bond acceptors (Lipinski definition) is 4. The highest BCUT2D eigenvalue weighted by molar-refractivity contribution is 8.15. The van der Waals surface area contributed by atoms with E-state index < -0.39 is 5.25 Å². The van der Waals surface area contributed by atoms with Crippen LogP contribution in [0.2, 0.25) is 0 Å². The molecule has 1 fully saturated rings. The molecule has 6 heteroatoms. The van der Waals surface area contributed by atoms with Crippen molar-refractivity contribution >= 4 is 34.4 Å². The van der Waals surface area contributed by atoms with Gasteiger partial charge in [0.2, 0.25) is 11.8 Å². The van der Waals surface area contributed by atoms with Crippen molar-refractivity contribution in [3.63, 3.8) is 0 Å². The number of nitrogens with one attached hydrogen (secondary N) is 3. The smallest absolute Gasteiger partial charge is 0.240 e. The van der Waals surface area contributed by atoms with Crippen LogP contribution in [0, 0.1) is 19.3 Å². The van der Waals surface area contributed by atoms with Gasteiger partial charge in [0, 0.05) is 12.1 Å². The van der Waals surface area contributed by atoms with Crippen LogP contribution in [0.5, 0.6) is 0 Å². The van der Waals surface area contributed by atoms with E-state index in [0.717, 1.165) is 28.6 Å². The van der Waals surface area contributed by atoms with E-state index in [2.05, 4.69) is 10.6 Å². The predicted octanol–water partition coefficient (Wildman–Crippen LogP) is 1.80. The predicted molar refractivity (Wildman–Crippen MR) is 76.4 cm³/mol. The number of carbonyl (C=O) groups is 2. The van der Waals surface area contributed by atoms with Crippen LogP contribution in [0.4, 0.5) is 5.69 Å². The van der Waals surface area contributed by atoms with Crippen molar-refractivity contribution in [1.82, 2.24) is 5.32 Å². The number of amides is 2. The monoisotopic (exact) mass is 277 g/mol. The number of carbonyl (C=O) groups excluding carboxylic acids is 2. The van der Waals surface area contributed by atoms with Gasteiger partial charge in [-0.15, -0.1) is 0 Å². The molecule has 0 saturated carbocycles. The van der Waals surface area contributed by atoms with Crippen LogP contribution < -0.4 is 10.6 Å². The normalized spacial score (nSPS) is 18.3. The maximum atomic E-state index is 11.9. The van der Waals surface area contributed by atoms with Gasteiger partial charge in [-0.2, -0.15) is 0 Å². The molecule has 0 radical (unpaired) electrons. The first kappa shape index (κ1) is 13.6.